The van der Waals surface area contributed by atoms with Crippen LogP contribution in [0.25, 0.3) is 11.0 Å². The first-order valence-corrected chi connectivity index (χ1v) is 4.98. The van der Waals surface area contributed by atoms with E-state index in [1.165, 1.54) is 18.5 Å². The molecule has 0 saturated heterocycles. The summed E-state index contributed by atoms with van der Waals surface area (Å²) in [6.45, 7) is 5.22. The van der Waals surface area contributed by atoms with Gasteiger partial charge in [0.1, 0.15) is 21.7 Å². The van der Waals surface area contributed by atoms with Crippen molar-refractivity contribution < 1.29 is 4.79 Å². The molecular formula is C9H9N3OS. The van der Waals surface area contributed by atoms with Crippen molar-refractivity contribution in [1.82, 2.24) is 14.3 Å². The molecular weight excluding hydrogens is 198 g/mol. The van der Waals surface area contributed by atoms with Gasteiger partial charge >= 0.3 is 0 Å². The van der Waals surface area contributed by atoms with Crippen LogP contribution in [-0.2, 0) is 0 Å². The van der Waals surface area contributed by atoms with Crippen molar-refractivity contribution in [3.8, 4) is 0 Å². The lowest BCUT2D eigenvalue weighted by molar-refractivity contribution is 0.102. The van der Waals surface area contributed by atoms with Crippen LogP contribution in [0.4, 0.5) is 0 Å². The molecule has 2 aromatic rings. The van der Waals surface area contributed by atoms with Crippen molar-refractivity contribution in [3.05, 3.63) is 16.4 Å². The summed E-state index contributed by atoms with van der Waals surface area (Å²) in [5.41, 5.74) is 2.26. The smallest absolute Gasteiger partial charge is 0.173 e. The summed E-state index contributed by atoms with van der Waals surface area (Å²) in [4.78, 5) is 20.3. The van der Waals surface area contributed by atoms with Crippen LogP contribution in [0.1, 0.15) is 28.1 Å². The second kappa shape index (κ2) is 3.09. The Kier molecular flexibility index (Phi) is 2.03. The zero-order valence-corrected chi connectivity index (χ0v) is 8.97. The summed E-state index contributed by atoms with van der Waals surface area (Å²) in [6, 6.07) is 0. The lowest BCUT2D eigenvalue weighted by Crippen LogP contribution is -1.95. The number of hydrogen-bond donors (Lipinski definition) is 0. The van der Waals surface area contributed by atoms with Crippen LogP contribution in [0.15, 0.2) is 0 Å². The monoisotopic (exact) mass is 207 g/mol. The molecule has 5 heteroatoms. The molecule has 0 unspecified atom stereocenters. The van der Waals surface area contributed by atoms with Crippen LogP contribution >= 0.6 is 11.5 Å². The summed E-state index contributed by atoms with van der Waals surface area (Å²) < 4.78 is 4.18. The highest BCUT2D eigenvalue weighted by Gasteiger charge is 2.14. The molecule has 0 aliphatic heterocycles. The summed E-state index contributed by atoms with van der Waals surface area (Å²) >= 11 is 1.19. The lowest BCUT2D eigenvalue weighted by Gasteiger charge is -1.96. The quantitative estimate of drug-likeness (QED) is 0.670. The molecule has 4 nitrogen and oxygen atoms in total. The molecule has 14 heavy (non-hydrogen) atoms. The maximum atomic E-state index is 11.3. The van der Waals surface area contributed by atoms with Gasteiger partial charge in [-0.15, -0.1) is 0 Å². The Morgan fingerprint density at radius 1 is 1.21 bits per heavy atom. The molecule has 0 bridgehead atoms. The van der Waals surface area contributed by atoms with E-state index in [1.54, 1.807) is 0 Å². The van der Waals surface area contributed by atoms with E-state index in [1.807, 2.05) is 13.8 Å². The van der Waals surface area contributed by atoms with Crippen molar-refractivity contribution in [2.75, 3.05) is 0 Å². The standard InChI is InChI=1S/C9H9N3OS/c1-4-7-8(11-6(3)10-4)9(5(2)13)14-12-7/h1-3H3. The fourth-order valence-corrected chi connectivity index (χ4v) is 2.10. The molecule has 0 spiro atoms. The third-order valence-electron chi connectivity index (χ3n) is 1.93. The topological polar surface area (TPSA) is 55.7 Å². The number of Topliss-reactive ketones (excluding diaryl/α,β-unsaturated/α-hetero) is 1. The molecule has 72 valence electrons. The van der Waals surface area contributed by atoms with Crippen LogP contribution in [0.3, 0.4) is 0 Å². The normalized spacial score (nSPS) is 10.8. The molecule has 0 atom stereocenters. The van der Waals surface area contributed by atoms with Gasteiger partial charge in [0.25, 0.3) is 0 Å². The predicted molar refractivity (Wildman–Crippen MR) is 54.7 cm³/mol. The third-order valence-corrected chi connectivity index (χ3v) is 2.87. The summed E-state index contributed by atoms with van der Waals surface area (Å²) in [5, 5.41) is 0. The van der Waals surface area contributed by atoms with E-state index in [4.69, 9.17) is 0 Å². The molecule has 2 rings (SSSR count). The van der Waals surface area contributed by atoms with Gasteiger partial charge in [0, 0.05) is 6.92 Å². The van der Waals surface area contributed by atoms with Gasteiger partial charge in [0.15, 0.2) is 5.78 Å². The first-order valence-electron chi connectivity index (χ1n) is 4.21. The molecule has 0 radical (unpaired) electrons. The van der Waals surface area contributed by atoms with Crippen LogP contribution in [0.5, 0.6) is 0 Å². The molecule has 0 aromatic carbocycles. The number of fused-ring (bicyclic) bond motifs is 1. The molecule has 0 fully saturated rings. The molecule has 0 amide bonds. The van der Waals surface area contributed by atoms with Crippen molar-refractivity contribution in [1.29, 1.82) is 0 Å². The van der Waals surface area contributed by atoms with Crippen molar-refractivity contribution in [3.63, 3.8) is 0 Å². The van der Waals surface area contributed by atoms with Crippen LogP contribution in [-0.4, -0.2) is 20.1 Å². The highest BCUT2D eigenvalue weighted by atomic mass is 32.1. The minimum atomic E-state index is 0.00926. The average molecular weight is 207 g/mol. The minimum Gasteiger partial charge on any atom is -0.293 e. The number of carbonyl (C=O) groups is 1. The van der Waals surface area contributed by atoms with Gasteiger partial charge in [0.05, 0.1) is 5.69 Å². The Bertz CT molecular complexity index is 518. The van der Waals surface area contributed by atoms with Crippen LogP contribution in [0.2, 0.25) is 0 Å². The molecule has 0 N–H and O–H groups in total. The molecule has 2 heterocycles. The summed E-state index contributed by atoms with van der Waals surface area (Å²) in [6.07, 6.45) is 0. The predicted octanol–water partition coefficient (Wildman–Crippen LogP) is 1.91. The number of hydrogen-bond acceptors (Lipinski definition) is 5. The number of carbonyl (C=O) groups excluding carboxylic acids is 1. The highest BCUT2D eigenvalue weighted by Crippen LogP contribution is 2.22. The maximum Gasteiger partial charge on any atom is 0.173 e. The zero-order valence-electron chi connectivity index (χ0n) is 8.16. The number of rotatable bonds is 1. The summed E-state index contributed by atoms with van der Waals surface area (Å²) in [5.74, 6) is 0.688. The van der Waals surface area contributed by atoms with E-state index in [0.717, 1.165) is 11.2 Å². The highest BCUT2D eigenvalue weighted by molar-refractivity contribution is 7.09. The largest absolute Gasteiger partial charge is 0.293 e. The number of aryl methyl sites for hydroxylation is 2. The van der Waals surface area contributed by atoms with Gasteiger partial charge in [0.2, 0.25) is 0 Å². The van der Waals surface area contributed by atoms with Crippen molar-refractivity contribution in [2.24, 2.45) is 0 Å². The first-order chi connectivity index (χ1) is 6.59. The second-order valence-electron chi connectivity index (χ2n) is 3.12. The summed E-state index contributed by atoms with van der Waals surface area (Å²) in [7, 11) is 0. The van der Waals surface area contributed by atoms with E-state index in [9.17, 15) is 4.79 Å². The second-order valence-corrected chi connectivity index (χ2v) is 3.89. The molecule has 2 aromatic heterocycles. The van der Waals surface area contributed by atoms with Gasteiger partial charge in [-0.1, -0.05) is 0 Å². The Balaban J connectivity index is 2.85. The van der Waals surface area contributed by atoms with Gasteiger partial charge in [-0.2, -0.15) is 4.37 Å². The van der Waals surface area contributed by atoms with E-state index in [0.29, 0.717) is 16.2 Å². The van der Waals surface area contributed by atoms with Crippen LogP contribution < -0.4 is 0 Å². The molecule has 0 saturated carbocycles. The maximum absolute atomic E-state index is 11.3. The van der Waals surface area contributed by atoms with Crippen molar-refractivity contribution >= 4 is 28.3 Å². The number of aromatic nitrogens is 3. The van der Waals surface area contributed by atoms with Gasteiger partial charge < -0.3 is 0 Å². The van der Waals surface area contributed by atoms with E-state index < -0.39 is 0 Å². The number of nitrogens with zero attached hydrogens (tertiary/aromatic N) is 3. The Hall–Kier alpha value is -1.36. The number of ketones is 1. The fourth-order valence-electron chi connectivity index (χ4n) is 1.34. The van der Waals surface area contributed by atoms with Gasteiger partial charge in [-0.3, -0.25) is 4.79 Å². The van der Waals surface area contributed by atoms with E-state index in [2.05, 4.69) is 14.3 Å². The third kappa shape index (κ3) is 1.29. The fraction of sp³-hybridized carbons (Fsp3) is 0.333. The van der Waals surface area contributed by atoms with Crippen molar-refractivity contribution in [2.45, 2.75) is 20.8 Å². The molecule has 0 aliphatic rings. The van der Waals surface area contributed by atoms with Gasteiger partial charge in [-0.25, -0.2) is 9.97 Å². The first kappa shape index (κ1) is 9.21. The zero-order chi connectivity index (χ0) is 10.3. The average Bonchev–Trinajstić information content (AvgIpc) is 2.47. The Morgan fingerprint density at radius 3 is 2.57 bits per heavy atom. The van der Waals surface area contributed by atoms with Gasteiger partial charge in [-0.05, 0) is 25.4 Å². The minimum absolute atomic E-state index is 0.00926. The van der Waals surface area contributed by atoms with Crippen LogP contribution in [0, 0.1) is 13.8 Å². The Morgan fingerprint density at radius 2 is 1.93 bits per heavy atom. The molecule has 0 aliphatic carbocycles. The SMILES string of the molecule is CC(=O)c1snc2c(C)nc(C)nc12. The Labute approximate surface area is 85.2 Å². The lowest BCUT2D eigenvalue weighted by atomic mass is 10.2. The van der Waals surface area contributed by atoms with E-state index in [-0.39, 0.29) is 5.78 Å². The van der Waals surface area contributed by atoms with E-state index >= 15 is 0 Å².